The van der Waals surface area contributed by atoms with E-state index in [1.54, 1.807) is 0 Å². The van der Waals surface area contributed by atoms with Gasteiger partial charge in [-0.15, -0.1) is 0 Å². The summed E-state index contributed by atoms with van der Waals surface area (Å²) in [5, 5.41) is 0. The first kappa shape index (κ1) is 19.9. The molecule has 0 bridgehead atoms. The lowest BCUT2D eigenvalue weighted by atomic mass is 10.1. The Hall–Kier alpha value is -2.81. The molecule has 0 N–H and O–H groups in total. The molecule has 2 aromatic rings. The number of benzene rings is 2. The van der Waals surface area contributed by atoms with Gasteiger partial charge in [0, 0.05) is 22.3 Å². The third-order valence-electron chi connectivity index (χ3n) is 4.47. The molecule has 0 radical (unpaired) electrons. The van der Waals surface area contributed by atoms with E-state index in [2.05, 4.69) is 0 Å². The second-order valence-electron chi connectivity index (χ2n) is 7.58. The van der Waals surface area contributed by atoms with E-state index in [0.29, 0.717) is 0 Å². The number of rotatable bonds is 6. The Morgan fingerprint density at radius 2 is 1.11 bits per heavy atom. The zero-order valence-electron chi connectivity index (χ0n) is 17.1. The molecule has 2 aromatic carbocycles. The SMILES string of the molecule is CC(C)Oc1ccccc1/C=C1/CC/C(=C/c2ccccc2OC(C)C)C1=O. The van der Waals surface area contributed by atoms with Gasteiger partial charge < -0.3 is 9.47 Å². The van der Waals surface area contributed by atoms with Crippen molar-refractivity contribution in [3.05, 3.63) is 70.8 Å². The van der Waals surface area contributed by atoms with Crippen LogP contribution in [0.5, 0.6) is 11.5 Å². The lowest BCUT2D eigenvalue weighted by Crippen LogP contribution is -2.07. The number of carbonyl (C=O) groups excluding carboxylic acids is 1. The van der Waals surface area contributed by atoms with Crippen LogP contribution in [0.1, 0.15) is 51.7 Å². The molecule has 28 heavy (non-hydrogen) atoms. The lowest BCUT2D eigenvalue weighted by molar-refractivity contribution is -0.111. The van der Waals surface area contributed by atoms with E-state index in [1.165, 1.54) is 0 Å². The molecular weight excluding hydrogens is 348 g/mol. The van der Waals surface area contributed by atoms with Crippen LogP contribution >= 0.6 is 0 Å². The Labute approximate surface area is 167 Å². The van der Waals surface area contributed by atoms with E-state index >= 15 is 0 Å². The number of para-hydroxylation sites is 2. The molecule has 1 fully saturated rings. The maximum atomic E-state index is 13.0. The Bertz CT molecular complexity index is 830. The summed E-state index contributed by atoms with van der Waals surface area (Å²) in [7, 11) is 0. The summed E-state index contributed by atoms with van der Waals surface area (Å²) in [6, 6.07) is 15.7. The van der Waals surface area contributed by atoms with E-state index in [4.69, 9.17) is 9.47 Å². The molecule has 1 aliphatic rings. The summed E-state index contributed by atoms with van der Waals surface area (Å²) < 4.78 is 11.8. The normalized spacial score (nSPS) is 17.1. The molecule has 0 atom stereocenters. The van der Waals surface area contributed by atoms with Gasteiger partial charge in [0.1, 0.15) is 11.5 Å². The van der Waals surface area contributed by atoms with Gasteiger partial charge in [-0.3, -0.25) is 4.79 Å². The van der Waals surface area contributed by atoms with Crippen molar-refractivity contribution in [1.29, 1.82) is 0 Å². The number of Topliss-reactive ketones (excluding diaryl/α,β-unsaturated/α-hetero) is 1. The van der Waals surface area contributed by atoms with Crippen molar-refractivity contribution >= 4 is 17.9 Å². The third-order valence-corrected chi connectivity index (χ3v) is 4.47. The fraction of sp³-hybridized carbons (Fsp3) is 0.320. The summed E-state index contributed by atoms with van der Waals surface area (Å²) in [5.74, 6) is 1.73. The molecule has 0 saturated heterocycles. The van der Waals surface area contributed by atoms with Crippen molar-refractivity contribution in [3.63, 3.8) is 0 Å². The second kappa shape index (κ2) is 8.92. The van der Waals surface area contributed by atoms with E-state index in [-0.39, 0.29) is 18.0 Å². The Kier molecular flexibility index (Phi) is 6.35. The molecule has 0 spiro atoms. The minimum Gasteiger partial charge on any atom is -0.490 e. The van der Waals surface area contributed by atoms with Gasteiger partial charge in [0.15, 0.2) is 5.78 Å². The number of ether oxygens (including phenoxy) is 2. The highest BCUT2D eigenvalue weighted by molar-refractivity contribution is 6.15. The first-order valence-corrected chi connectivity index (χ1v) is 9.91. The molecular formula is C25H28O3. The number of allylic oxidation sites excluding steroid dienone is 2. The first-order valence-electron chi connectivity index (χ1n) is 9.91. The average molecular weight is 376 g/mol. The largest absolute Gasteiger partial charge is 0.490 e. The van der Waals surface area contributed by atoms with E-state index in [0.717, 1.165) is 46.6 Å². The standard InChI is InChI=1S/C25H28O3/c1-17(2)27-23-11-7-5-9-19(23)15-21-13-14-22(25(21)26)16-20-10-6-8-12-24(20)28-18(3)4/h5-12,15-18H,13-14H2,1-4H3/b21-15-,22-16-. The topological polar surface area (TPSA) is 35.5 Å². The Morgan fingerprint density at radius 1 is 0.714 bits per heavy atom. The van der Waals surface area contributed by atoms with E-state index < -0.39 is 0 Å². The first-order chi connectivity index (χ1) is 13.4. The number of hydrogen-bond donors (Lipinski definition) is 0. The minimum atomic E-state index is 0.0896. The molecule has 0 unspecified atom stereocenters. The molecule has 0 aromatic heterocycles. The highest BCUT2D eigenvalue weighted by Gasteiger charge is 2.24. The molecule has 3 rings (SSSR count). The third kappa shape index (κ3) is 4.92. The Balaban J connectivity index is 1.87. The molecule has 3 nitrogen and oxygen atoms in total. The lowest BCUT2D eigenvalue weighted by Gasteiger charge is -2.12. The van der Waals surface area contributed by atoms with Gasteiger partial charge in [-0.05, 0) is 64.8 Å². The van der Waals surface area contributed by atoms with Crippen LogP contribution in [0, 0.1) is 0 Å². The average Bonchev–Trinajstić information content (AvgIpc) is 2.97. The van der Waals surface area contributed by atoms with Gasteiger partial charge in [-0.2, -0.15) is 0 Å². The van der Waals surface area contributed by atoms with Crippen LogP contribution in [-0.4, -0.2) is 18.0 Å². The molecule has 0 amide bonds. The quantitative estimate of drug-likeness (QED) is 0.572. The van der Waals surface area contributed by atoms with Gasteiger partial charge in [0.2, 0.25) is 0 Å². The van der Waals surface area contributed by atoms with Crippen molar-refractivity contribution < 1.29 is 14.3 Å². The van der Waals surface area contributed by atoms with Crippen LogP contribution in [0.2, 0.25) is 0 Å². The maximum absolute atomic E-state index is 13.0. The predicted molar refractivity (Wildman–Crippen MR) is 115 cm³/mol. The van der Waals surface area contributed by atoms with Crippen molar-refractivity contribution in [2.24, 2.45) is 0 Å². The molecule has 0 aliphatic heterocycles. The summed E-state index contributed by atoms with van der Waals surface area (Å²) in [4.78, 5) is 13.0. The van der Waals surface area contributed by atoms with Crippen LogP contribution < -0.4 is 9.47 Å². The van der Waals surface area contributed by atoms with Gasteiger partial charge in [0.25, 0.3) is 0 Å². The fourth-order valence-corrected chi connectivity index (χ4v) is 3.28. The fourth-order valence-electron chi connectivity index (χ4n) is 3.28. The summed E-state index contributed by atoms with van der Waals surface area (Å²) in [5.41, 5.74) is 3.55. The number of ketones is 1. The summed E-state index contributed by atoms with van der Waals surface area (Å²) in [6.45, 7) is 8.01. The van der Waals surface area contributed by atoms with Crippen molar-refractivity contribution in [1.82, 2.24) is 0 Å². The number of carbonyl (C=O) groups is 1. The minimum absolute atomic E-state index is 0.0896. The highest BCUT2D eigenvalue weighted by Crippen LogP contribution is 2.33. The van der Waals surface area contributed by atoms with E-state index in [1.807, 2.05) is 88.4 Å². The molecule has 1 aliphatic carbocycles. The second-order valence-corrected chi connectivity index (χ2v) is 7.58. The molecule has 3 heteroatoms. The zero-order chi connectivity index (χ0) is 20.1. The van der Waals surface area contributed by atoms with Crippen LogP contribution in [0.15, 0.2) is 59.7 Å². The van der Waals surface area contributed by atoms with Gasteiger partial charge in [0.05, 0.1) is 12.2 Å². The summed E-state index contributed by atoms with van der Waals surface area (Å²) >= 11 is 0. The molecule has 0 heterocycles. The van der Waals surface area contributed by atoms with E-state index in [9.17, 15) is 4.79 Å². The van der Waals surface area contributed by atoms with Crippen molar-refractivity contribution in [3.8, 4) is 11.5 Å². The number of hydrogen-bond acceptors (Lipinski definition) is 3. The monoisotopic (exact) mass is 376 g/mol. The molecule has 146 valence electrons. The Morgan fingerprint density at radius 3 is 1.50 bits per heavy atom. The maximum Gasteiger partial charge on any atom is 0.185 e. The van der Waals surface area contributed by atoms with Crippen molar-refractivity contribution in [2.45, 2.75) is 52.7 Å². The van der Waals surface area contributed by atoms with Gasteiger partial charge in [-0.25, -0.2) is 0 Å². The highest BCUT2D eigenvalue weighted by atomic mass is 16.5. The zero-order valence-corrected chi connectivity index (χ0v) is 17.1. The van der Waals surface area contributed by atoms with Crippen LogP contribution in [-0.2, 0) is 4.79 Å². The van der Waals surface area contributed by atoms with Gasteiger partial charge >= 0.3 is 0 Å². The van der Waals surface area contributed by atoms with Crippen molar-refractivity contribution in [2.75, 3.05) is 0 Å². The van der Waals surface area contributed by atoms with Crippen LogP contribution in [0.3, 0.4) is 0 Å². The van der Waals surface area contributed by atoms with Gasteiger partial charge in [-0.1, -0.05) is 36.4 Å². The summed E-state index contributed by atoms with van der Waals surface area (Å²) in [6.07, 6.45) is 5.61. The molecule has 1 saturated carbocycles. The van der Waals surface area contributed by atoms with Crippen LogP contribution in [0.4, 0.5) is 0 Å². The van der Waals surface area contributed by atoms with Crippen LogP contribution in [0.25, 0.3) is 12.2 Å². The predicted octanol–water partition coefficient (Wildman–Crippen LogP) is 6.09. The smallest absolute Gasteiger partial charge is 0.185 e.